The maximum absolute atomic E-state index is 11.0. The second kappa shape index (κ2) is 5.49. The van der Waals surface area contributed by atoms with Crippen molar-refractivity contribution in [1.82, 2.24) is 0 Å². The van der Waals surface area contributed by atoms with Crippen molar-refractivity contribution >= 4 is 23.2 Å². The summed E-state index contributed by atoms with van der Waals surface area (Å²) < 4.78 is 5.26. The van der Waals surface area contributed by atoms with E-state index < -0.39 is 16.9 Å². The van der Waals surface area contributed by atoms with Crippen molar-refractivity contribution in [3.8, 4) is 5.75 Å². The third-order valence-corrected chi connectivity index (χ3v) is 2.38. The minimum atomic E-state index is -0.797. The van der Waals surface area contributed by atoms with E-state index in [0.717, 1.165) is 6.07 Å². The molecule has 1 aromatic carbocycles. The van der Waals surface area contributed by atoms with Crippen LogP contribution in [0.1, 0.15) is 13.3 Å². The van der Waals surface area contributed by atoms with Gasteiger partial charge in [-0.25, -0.2) is 0 Å². The monoisotopic (exact) mass is 258 g/mol. The molecule has 0 fully saturated rings. The van der Waals surface area contributed by atoms with Crippen LogP contribution >= 0.6 is 11.6 Å². The van der Waals surface area contributed by atoms with Gasteiger partial charge in [0.05, 0.1) is 9.95 Å². The number of rotatable bonds is 5. The van der Waals surface area contributed by atoms with Gasteiger partial charge in [0.15, 0.2) is 6.10 Å². The second-order valence-electron chi connectivity index (χ2n) is 3.29. The molecule has 1 rings (SSSR count). The number of non-ortho nitro benzene ring substituents is 1. The molecule has 0 aromatic heterocycles. The minimum absolute atomic E-state index is 0.0684. The molecule has 0 aliphatic rings. The quantitative estimate of drug-likeness (QED) is 0.644. The Balaban J connectivity index is 2.93. The van der Waals surface area contributed by atoms with Crippen molar-refractivity contribution in [2.45, 2.75) is 19.4 Å². The van der Waals surface area contributed by atoms with Crippen LogP contribution in [0.2, 0.25) is 5.02 Å². The minimum Gasteiger partial charge on any atom is -0.479 e. The first-order valence-electron chi connectivity index (χ1n) is 4.85. The summed E-state index contributed by atoms with van der Waals surface area (Å²) >= 11 is 5.80. The number of hydrogen-bond acceptors (Lipinski definition) is 4. The maximum atomic E-state index is 11.0. The fourth-order valence-corrected chi connectivity index (χ4v) is 1.41. The van der Waals surface area contributed by atoms with Gasteiger partial charge >= 0.3 is 0 Å². The van der Waals surface area contributed by atoms with E-state index in [4.69, 9.17) is 22.1 Å². The lowest BCUT2D eigenvalue weighted by Crippen LogP contribution is -2.33. The van der Waals surface area contributed by atoms with E-state index in [0.29, 0.717) is 6.42 Å². The molecule has 1 aromatic rings. The zero-order valence-corrected chi connectivity index (χ0v) is 9.81. The highest BCUT2D eigenvalue weighted by Gasteiger charge is 2.17. The topological polar surface area (TPSA) is 95.5 Å². The summed E-state index contributed by atoms with van der Waals surface area (Å²) in [7, 11) is 0. The molecule has 0 bridgehead atoms. The highest BCUT2D eigenvalue weighted by atomic mass is 35.5. The number of primary amides is 1. The summed E-state index contributed by atoms with van der Waals surface area (Å²) in [6.07, 6.45) is -0.406. The number of amides is 1. The highest BCUT2D eigenvalue weighted by Crippen LogP contribution is 2.29. The molecule has 6 nitrogen and oxygen atoms in total. The van der Waals surface area contributed by atoms with Gasteiger partial charge in [0.2, 0.25) is 0 Å². The summed E-state index contributed by atoms with van der Waals surface area (Å²) in [5.74, 6) is -0.412. The zero-order valence-electron chi connectivity index (χ0n) is 9.05. The van der Waals surface area contributed by atoms with Gasteiger partial charge in [-0.1, -0.05) is 18.5 Å². The third kappa shape index (κ3) is 3.32. The molecule has 1 unspecified atom stereocenters. The van der Waals surface area contributed by atoms with Gasteiger partial charge in [-0.2, -0.15) is 0 Å². The number of halogens is 1. The summed E-state index contributed by atoms with van der Waals surface area (Å²) in [6, 6.07) is 3.74. The lowest BCUT2D eigenvalue weighted by Gasteiger charge is -2.14. The van der Waals surface area contributed by atoms with Gasteiger partial charge < -0.3 is 10.5 Å². The largest absolute Gasteiger partial charge is 0.479 e. The standard InChI is InChI=1S/C10H11ClN2O4/c1-2-8(10(12)14)17-9-4-3-6(13(15)16)5-7(9)11/h3-5,8H,2H2,1H3,(H2,12,14). The molecule has 0 aliphatic heterocycles. The van der Waals surface area contributed by atoms with Crippen molar-refractivity contribution in [3.63, 3.8) is 0 Å². The van der Waals surface area contributed by atoms with Crippen molar-refractivity contribution in [2.24, 2.45) is 5.73 Å². The van der Waals surface area contributed by atoms with Gasteiger partial charge in [-0.05, 0) is 12.5 Å². The second-order valence-corrected chi connectivity index (χ2v) is 3.70. The molecule has 0 radical (unpaired) electrons. The molecule has 2 N–H and O–H groups in total. The van der Waals surface area contributed by atoms with E-state index in [1.54, 1.807) is 6.92 Å². The van der Waals surface area contributed by atoms with E-state index >= 15 is 0 Å². The van der Waals surface area contributed by atoms with Crippen LogP contribution in [0.5, 0.6) is 5.75 Å². The van der Waals surface area contributed by atoms with E-state index in [1.165, 1.54) is 12.1 Å². The predicted octanol–water partition coefficient (Wildman–Crippen LogP) is 1.89. The van der Waals surface area contributed by atoms with Crippen LogP contribution in [0.3, 0.4) is 0 Å². The average Bonchev–Trinajstić information content (AvgIpc) is 2.26. The Morgan fingerprint density at radius 3 is 2.71 bits per heavy atom. The molecular formula is C10H11ClN2O4. The Labute approximate surface area is 102 Å². The molecule has 0 heterocycles. The number of nitro groups is 1. The Bertz CT molecular complexity index is 450. The van der Waals surface area contributed by atoms with Crippen LogP contribution in [-0.2, 0) is 4.79 Å². The smallest absolute Gasteiger partial charge is 0.271 e. The van der Waals surface area contributed by atoms with Crippen molar-refractivity contribution < 1.29 is 14.5 Å². The number of nitrogens with two attached hydrogens (primary N) is 1. The number of nitrogens with zero attached hydrogens (tertiary/aromatic N) is 1. The Kier molecular flexibility index (Phi) is 4.28. The molecule has 17 heavy (non-hydrogen) atoms. The number of carbonyl (C=O) groups is 1. The van der Waals surface area contributed by atoms with E-state index in [9.17, 15) is 14.9 Å². The SMILES string of the molecule is CCC(Oc1ccc([N+](=O)[O-])cc1Cl)C(N)=O. The molecule has 0 saturated heterocycles. The molecule has 0 aliphatic carbocycles. The van der Waals surface area contributed by atoms with Crippen LogP contribution in [0.15, 0.2) is 18.2 Å². The Hall–Kier alpha value is -1.82. The van der Waals surface area contributed by atoms with Gasteiger partial charge in [0, 0.05) is 12.1 Å². The normalized spacial score (nSPS) is 11.9. The van der Waals surface area contributed by atoms with Crippen LogP contribution in [0.25, 0.3) is 0 Å². The summed E-state index contributed by atoms with van der Waals surface area (Å²) in [6.45, 7) is 1.73. The van der Waals surface area contributed by atoms with E-state index in [-0.39, 0.29) is 16.5 Å². The fourth-order valence-electron chi connectivity index (χ4n) is 1.19. The number of carbonyl (C=O) groups excluding carboxylic acids is 1. The number of hydrogen-bond donors (Lipinski definition) is 1. The molecule has 7 heteroatoms. The van der Waals surface area contributed by atoms with E-state index in [2.05, 4.69) is 0 Å². The molecule has 1 atom stereocenters. The Morgan fingerprint density at radius 1 is 1.65 bits per heavy atom. The summed E-state index contributed by atoms with van der Waals surface area (Å²) in [5, 5.41) is 10.6. The first-order valence-corrected chi connectivity index (χ1v) is 5.23. The van der Waals surface area contributed by atoms with Crippen LogP contribution in [0, 0.1) is 10.1 Å². The van der Waals surface area contributed by atoms with Gasteiger partial charge in [-0.3, -0.25) is 14.9 Å². The number of nitro benzene ring substituents is 1. The number of benzene rings is 1. The predicted molar refractivity (Wildman–Crippen MR) is 62.0 cm³/mol. The van der Waals surface area contributed by atoms with Crippen molar-refractivity contribution in [1.29, 1.82) is 0 Å². The zero-order chi connectivity index (χ0) is 13.0. The van der Waals surface area contributed by atoms with Crippen LogP contribution in [0.4, 0.5) is 5.69 Å². The van der Waals surface area contributed by atoms with Crippen LogP contribution in [-0.4, -0.2) is 16.9 Å². The van der Waals surface area contributed by atoms with Gasteiger partial charge in [0.25, 0.3) is 11.6 Å². The van der Waals surface area contributed by atoms with Crippen LogP contribution < -0.4 is 10.5 Å². The van der Waals surface area contributed by atoms with E-state index in [1.807, 2.05) is 0 Å². The maximum Gasteiger partial charge on any atom is 0.271 e. The fraction of sp³-hybridized carbons (Fsp3) is 0.300. The average molecular weight is 259 g/mol. The van der Waals surface area contributed by atoms with Crippen molar-refractivity contribution in [2.75, 3.05) is 0 Å². The molecule has 0 saturated carbocycles. The van der Waals surface area contributed by atoms with Gasteiger partial charge in [0.1, 0.15) is 5.75 Å². The first-order chi connectivity index (χ1) is 7.95. The van der Waals surface area contributed by atoms with Crippen molar-refractivity contribution in [3.05, 3.63) is 33.3 Å². The summed E-state index contributed by atoms with van der Waals surface area (Å²) in [4.78, 5) is 20.9. The first kappa shape index (κ1) is 13.2. The highest BCUT2D eigenvalue weighted by molar-refractivity contribution is 6.32. The Morgan fingerprint density at radius 2 is 2.29 bits per heavy atom. The lowest BCUT2D eigenvalue weighted by molar-refractivity contribution is -0.384. The number of ether oxygens (including phenoxy) is 1. The third-order valence-electron chi connectivity index (χ3n) is 2.08. The molecule has 1 amide bonds. The van der Waals surface area contributed by atoms with Gasteiger partial charge in [-0.15, -0.1) is 0 Å². The molecular weight excluding hydrogens is 248 g/mol. The molecule has 0 spiro atoms. The lowest BCUT2D eigenvalue weighted by atomic mass is 10.2. The summed E-state index contributed by atoms with van der Waals surface area (Å²) in [5.41, 5.74) is 4.96. The molecule has 92 valence electrons.